The Morgan fingerprint density at radius 3 is 2.79 bits per heavy atom. The van der Waals surface area contributed by atoms with Gasteiger partial charge in [0.15, 0.2) is 0 Å². The Labute approximate surface area is 111 Å². The Bertz CT molecular complexity index is 578. The van der Waals surface area contributed by atoms with E-state index in [1.165, 1.54) is 6.07 Å². The molecular weight excluding hydrogens is 244 g/mol. The minimum atomic E-state index is -0.367. The maximum Gasteiger partial charge on any atom is 0.274 e. The normalized spacial score (nSPS) is 10.7. The zero-order valence-corrected chi connectivity index (χ0v) is 10.9. The summed E-state index contributed by atoms with van der Waals surface area (Å²) in [5, 5.41) is 18.2. The molecule has 0 saturated heterocycles. The predicted molar refractivity (Wildman–Crippen MR) is 73.0 cm³/mol. The number of rotatable bonds is 5. The molecule has 2 rings (SSSR count). The lowest BCUT2D eigenvalue weighted by Crippen LogP contribution is -2.03. The van der Waals surface area contributed by atoms with Gasteiger partial charge in [0.1, 0.15) is 0 Å². The number of nitro benzene ring substituents is 1. The largest absolute Gasteiger partial charge is 0.378 e. The third-order valence-electron chi connectivity index (χ3n) is 2.80. The summed E-state index contributed by atoms with van der Waals surface area (Å²) in [4.78, 5) is 10.5. The molecule has 0 atom stereocenters. The number of hydrogen-bond acceptors (Lipinski definition) is 4. The van der Waals surface area contributed by atoms with E-state index in [9.17, 15) is 10.1 Å². The Morgan fingerprint density at radius 1 is 1.42 bits per heavy atom. The number of nitro groups is 1. The van der Waals surface area contributed by atoms with Gasteiger partial charge in [-0.3, -0.25) is 14.8 Å². The minimum absolute atomic E-state index is 0.131. The predicted octanol–water partition coefficient (Wildman–Crippen LogP) is 2.98. The molecule has 0 fully saturated rings. The molecule has 0 amide bonds. The van der Waals surface area contributed by atoms with Gasteiger partial charge < -0.3 is 5.32 Å². The van der Waals surface area contributed by atoms with E-state index in [-0.39, 0.29) is 10.6 Å². The van der Waals surface area contributed by atoms with Crippen molar-refractivity contribution in [2.24, 2.45) is 0 Å². The third kappa shape index (κ3) is 3.09. The van der Waals surface area contributed by atoms with Crippen molar-refractivity contribution in [1.29, 1.82) is 0 Å². The molecule has 2 aromatic rings. The number of nitrogens with one attached hydrogen (secondary N) is 1. The highest BCUT2D eigenvalue weighted by Crippen LogP contribution is 2.19. The molecular formula is C13H16N4O2. The summed E-state index contributed by atoms with van der Waals surface area (Å²) in [6.45, 7) is 4.48. The van der Waals surface area contributed by atoms with E-state index in [2.05, 4.69) is 10.4 Å². The molecule has 1 N–H and O–H groups in total. The summed E-state index contributed by atoms with van der Waals surface area (Å²) in [7, 11) is 0. The van der Waals surface area contributed by atoms with Crippen molar-refractivity contribution >= 4 is 11.4 Å². The van der Waals surface area contributed by atoms with Gasteiger partial charge in [0.05, 0.1) is 16.8 Å². The third-order valence-corrected chi connectivity index (χ3v) is 2.80. The summed E-state index contributed by atoms with van der Waals surface area (Å²) in [5.41, 5.74) is 1.64. The zero-order valence-electron chi connectivity index (χ0n) is 10.9. The quantitative estimate of drug-likeness (QED) is 0.662. The molecule has 1 aromatic heterocycles. The van der Waals surface area contributed by atoms with Crippen molar-refractivity contribution in [3.05, 3.63) is 52.3 Å². The molecule has 0 unspecified atom stereocenters. The van der Waals surface area contributed by atoms with Crippen LogP contribution in [0.1, 0.15) is 25.5 Å². The van der Waals surface area contributed by atoms with Crippen LogP contribution >= 0.6 is 0 Å². The first-order valence-corrected chi connectivity index (χ1v) is 6.08. The molecule has 1 aromatic carbocycles. The monoisotopic (exact) mass is 260 g/mol. The van der Waals surface area contributed by atoms with Gasteiger partial charge in [-0.05, 0) is 13.8 Å². The van der Waals surface area contributed by atoms with Gasteiger partial charge in [-0.15, -0.1) is 0 Å². The van der Waals surface area contributed by atoms with Gasteiger partial charge >= 0.3 is 0 Å². The SMILES string of the molecule is CC(C)n1cc(NCc2ccccc2[N+](=O)[O-])cn1. The van der Waals surface area contributed by atoms with Crippen LogP contribution in [-0.4, -0.2) is 14.7 Å². The van der Waals surface area contributed by atoms with E-state index in [1.807, 2.05) is 24.7 Å². The Kier molecular flexibility index (Phi) is 3.79. The molecule has 0 aliphatic rings. The van der Waals surface area contributed by atoms with Crippen molar-refractivity contribution in [2.45, 2.75) is 26.4 Å². The number of hydrogen-bond donors (Lipinski definition) is 1. The average molecular weight is 260 g/mol. The maximum absolute atomic E-state index is 10.9. The highest BCUT2D eigenvalue weighted by Gasteiger charge is 2.12. The summed E-state index contributed by atoms with van der Waals surface area (Å²) >= 11 is 0. The maximum atomic E-state index is 10.9. The molecule has 100 valence electrons. The number of nitrogens with zero attached hydrogens (tertiary/aromatic N) is 3. The van der Waals surface area contributed by atoms with Crippen molar-refractivity contribution in [2.75, 3.05) is 5.32 Å². The number of anilines is 1. The molecule has 0 radical (unpaired) electrons. The number of para-hydroxylation sites is 1. The van der Waals surface area contributed by atoms with Crippen LogP contribution in [-0.2, 0) is 6.54 Å². The van der Waals surface area contributed by atoms with Crippen LogP contribution in [0, 0.1) is 10.1 Å². The number of aromatic nitrogens is 2. The summed E-state index contributed by atoms with van der Waals surface area (Å²) < 4.78 is 1.84. The molecule has 6 heteroatoms. The second-order valence-electron chi connectivity index (χ2n) is 4.54. The van der Waals surface area contributed by atoms with Crippen LogP contribution in [0.5, 0.6) is 0 Å². The van der Waals surface area contributed by atoms with E-state index >= 15 is 0 Å². The van der Waals surface area contributed by atoms with Crippen molar-refractivity contribution in [3.63, 3.8) is 0 Å². The second kappa shape index (κ2) is 5.51. The second-order valence-corrected chi connectivity index (χ2v) is 4.54. The lowest BCUT2D eigenvalue weighted by molar-refractivity contribution is -0.385. The van der Waals surface area contributed by atoms with Crippen LogP contribution in [0.15, 0.2) is 36.7 Å². The Morgan fingerprint density at radius 2 is 2.16 bits per heavy atom. The first kappa shape index (κ1) is 13.1. The topological polar surface area (TPSA) is 73.0 Å². The molecule has 19 heavy (non-hydrogen) atoms. The highest BCUT2D eigenvalue weighted by molar-refractivity contribution is 5.45. The summed E-state index contributed by atoms with van der Waals surface area (Å²) in [5.74, 6) is 0. The molecule has 0 spiro atoms. The lowest BCUT2D eigenvalue weighted by atomic mass is 10.2. The lowest BCUT2D eigenvalue weighted by Gasteiger charge is -2.05. The molecule has 0 saturated carbocycles. The van der Waals surface area contributed by atoms with E-state index in [1.54, 1.807) is 24.4 Å². The molecule has 0 aliphatic heterocycles. The van der Waals surface area contributed by atoms with Crippen molar-refractivity contribution in [3.8, 4) is 0 Å². The van der Waals surface area contributed by atoms with Gasteiger partial charge in [-0.2, -0.15) is 5.10 Å². The fourth-order valence-corrected chi connectivity index (χ4v) is 1.75. The van der Waals surface area contributed by atoms with Gasteiger partial charge in [-0.25, -0.2) is 0 Å². The van der Waals surface area contributed by atoms with E-state index in [4.69, 9.17) is 0 Å². The van der Waals surface area contributed by atoms with Gasteiger partial charge in [0.25, 0.3) is 5.69 Å². The zero-order chi connectivity index (χ0) is 13.8. The van der Waals surface area contributed by atoms with Gasteiger partial charge in [0.2, 0.25) is 0 Å². The average Bonchev–Trinajstić information content (AvgIpc) is 2.85. The van der Waals surface area contributed by atoms with Crippen LogP contribution in [0.4, 0.5) is 11.4 Å². The van der Waals surface area contributed by atoms with Crippen LogP contribution in [0.2, 0.25) is 0 Å². The highest BCUT2D eigenvalue weighted by atomic mass is 16.6. The number of benzene rings is 1. The van der Waals surface area contributed by atoms with E-state index in [0.29, 0.717) is 18.2 Å². The van der Waals surface area contributed by atoms with Crippen LogP contribution in [0.25, 0.3) is 0 Å². The first-order valence-electron chi connectivity index (χ1n) is 6.08. The summed E-state index contributed by atoms with van der Waals surface area (Å²) in [6, 6.07) is 7.01. The standard InChI is InChI=1S/C13H16N4O2/c1-10(2)16-9-12(8-15-16)14-7-11-5-3-4-6-13(11)17(18)19/h3-6,8-10,14H,7H2,1-2H3. The van der Waals surface area contributed by atoms with Crippen molar-refractivity contribution in [1.82, 2.24) is 9.78 Å². The Hall–Kier alpha value is -2.37. The van der Waals surface area contributed by atoms with Crippen molar-refractivity contribution < 1.29 is 4.92 Å². The molecule has 1 heterocycles. The fraction of sp³-hybridized carbons (Fsp3) is 0.308. The van der Waals surface area contributed by atoms with Crippen LogP contribution in [0.3, 0.4) is 0 Å². The van der Waals surface area contributed by atoms with Gasteiger partial charge in [0, 0.05) is 30.4 Å². The summed E-state index contributed by atoms with van der Waals surface area (Å²) in [6.07, 6.45) is 3.61. The van der Waals surface area contributed by atoms with Gasteiger partial charge in [-0.1, -0.05) is 18.2 Å². The molecule has 6 nitrogen and oxygen atoms in total. The molecule has 0 bridgehead atoms. The molecule has 0 aliphatic carbocycles. The fourth-order valence-electron chi connectivity index (χ4n) is 1.75. The smallest absolute Gasteiger partial charge is 0.274 e. The Balaban J connectivity index is 2.08. The minimum Gasteiger partial charge on any atom is -0.378 e. The van der Waals surface area contributed by atoms with E-state index in [0.717, 1.165) is 5.69 Å². The van der Waals surface area contributed by atoms with E-state index < -0.39 is 0 Å². The first-order chi connectivity index (χ1) is 9.08. The van der Waals surface area contributed by atoms with Crippen LogP contribution < -0.4 is 5.32 Å².